The van der Waals surface area contributed by atoms with Gasteiger partial charge in [-0.05, 0) is 32.1 Å². The molecule has 0 aromatic heterocycles. The summed E-state index contributed by atoms with van der Waals surface area (Å²) in [5.41, 5.74) is 0. The normalized spacial score (nSPS) is 10.8. The standard InChI is InChI=1S/C17H38N.ClH.H2O/c1-5-9-13-17-18(14-10-6-2,15-11-7-3)16-12-8-4;;/h5-17H2,1-4H3;1H;1H2/q+1;;/p-1. The smallest absolute Gasteiger partial charge is 0.0786 e. The average molecular weight is 310 g/mol. The Hall–Kier alpha value is 0.210. The molecule has 2 nitrogen and oxygen atoms in total. The molecule has 0 atom stereocenters. The SMILES string of the molecule is CCCCC[N+](CCCC)(CCCC)CCCC.O.[Cl-]. The number of hydrogen-bond donors (Lipinski definition) is 0. The quantitative estimate of drug-likeness (QED) is 0.365. The van der Waals surface area contributed by atoms with Crippen LogP contribution in [-0.2, 0) is 0 Å². The number of quaternary nitrogens is 1. The van der Waals surface area contributed by atoms with Crippen LogP contribution in [-0.4, -0.2) is 36.1 Å². The molecule has 0 aromatic carbocycles. The Morgan fingerprint density at radius 1 is 0.500 bits per heavy atom. The fourth-order valence-corrected chi connectivity index (χ4v) is 2.85. The van der Waals surface area contributed by atoms with Gasteiger partial charge in [0.15, 0.2) is 0 Å². The summed E-state index contributed by atoms with van der Waals surface area (Å²) in [6.07, 6.45) is 12.5. The van der Waals surface area contributed by atoms with Crippen molar-refractivity contribution < 1.29 is 22.4 Å². The molecule has 0 aliphatic rings. The van der Waals surface area contributed by atoms with Gasteiger partial charge in [-0.1, -0.05) is 53.4 Å². The largest absolute Gasteiger partial charge is 1.00 e. The van der Waals surface area contributed by atoms with Crippen molar-refractivity contribution in [3.8, 4) is 0 Å². The van der Waals surface area contributed by atoms with E-state index in [1.807, 2.05) is 0 Å². The molecule has 3 heteroatoms. The first kappa shape index (κ1) is 25.2. The maximum absolute atomic E-state index is 2.33. The number of unbranched alkanes of at least 4 members (excludes halogenated alkanes) is 5. The Morgan fingerprint density at radius 3 is 1.10 bits per heavy atom. The van der Waals surface area contributed by atoms with Crippen LogP contribution < -0.4 is 12.4 Å². The van der Waals surface area contributed by atoms with E-state index >= 15 is 0 Å². The van der Waals surface area contributed by atoms with E-state index in [9.17, 15) is 0 Å². The van der Waals surface area contributed by atoms with Gasteiger partial charge in [0.05, 0.1) is 26.2 Å². The summed E-state index contributed by atoms with van der Waals surface area (Å²) >= 11 is 0. The van der Waals surface area contributed by atoms with Crippen LogP contribution in [0.5, 0.6) is 0 Å². The first-order valence-electron chi connectivity index (χ1n) is 8.59. The van der Waals surface area contributed by atoms with Crippen molar-refractivity contribution in [1.82, 2.24) is 0 Å². The van der Waals surface area contributed by atoms with Crippen LogP contribution in [0, 0.1) is 0 Å². The van der Waals surface area contributed by atoms with Crippen LogP contribution in [0.4, 0.5) is 0 Å². The Balaban J connectivity index is -0.00000144. The lowest BCUT2D eigenvalue weighted by Crippen LogP contribution is -3.00. The highest BCUT2D eigenvalue weighted by Crippen LogP contribution is 2.16. The van der Waals surface area contributed by atoms with Gasteiger partial charge < -0.3 is 22.4 Å². The Labute approximate surface area is 134 Å². The first-order chi connectivity index (χ1) is 8.74. The summed E-state index contributed by atoms with van der Waals surface area (Å²) in [7, 11) is 0. The Kier molecular flexibility index (Phi) is 21.7. The van der Waals surface area contributed by atoms with Crippen LogP contribution in [0.3, 0.4) is 0 Å². The van der Waals surface area contributed by atoms with Gasteiger partial charge in [0, 0.05) is 0 Å². The van der Waals surface area contributed by atoms with Gasteiger partial charge in [0.1, 0.15) is 0 Å². The second-order valence-corrected chi connectivity index (χ2v) is 6.00. The number of hydrogen-bond acceptors (Lipinski definition) is 0. The second kappa shape index (κ2) is 17.3. The van der Waals surface area contributed by atoms with Gasteiger partial charge in [-0.15, -0.1) is 0 Å². The minimum Gasteiger partial charge on any atom is -1.00 e. The van der Waals surface area contributed by atoms with Crippen molar-refractivity contribution in [2.75, 3.05) is 26.2 Å². The molecule has 0 saturated carbocycles. The molecule has 0 unspecified atom stereocenters. The zero-order valence-electron chi connectivity index (χ0n) is 14.5. The van der Waals surface area contributed by atoms with E-state index < -0.39 is 0 Å². The summed E-state index contributed by atoms with van der Waals surface area (Å²) in [6.45, 7) is 15.0. The molecule has 0 heterocycles. The van der Waals surface area contributed by atoms with Gasteiger partial charge in [0.25, 0.3) is 0 Å². The summed E-state index contributed by atoms with van der Waals surface area (Å²) < 4.78 is 1.43. The molecule has 0 spiro atoms. The molecule has 0 aliphatic carbocycles. The van der Waals surface area contributed by atoms with E-state index in [-0.39, 0.29) is 17.9 Å². The highest BCUT2D eigenvalue weighted by molar-refractivity contribution is 4.50. The van der Waals surface area contributed by atoms with E-state index in [0.29, 0.717) is 0 Å². The predicted octanol–water partition coefficient (Wildman–Crippen LogP) is 1.57. The van der Waals surface area contributed by atoms with Crippen molar-refractivity contribution in [3.05, 3.63) is 0 Å². The maximum Gasteiger partial charge on any atom is 0.0786 e. The molecule has 20 heavy (non-hydrogen) atoms. The lowest BCUT2D eigenvalue weighted by atomic mass is 10.1. The number of rotatable bonds is 13. The van der Waals surface area contributed by atoms with Crippen molar-refractivity contribution in [2.45, 2.75) is 85.5 Å². The molecule has 0 aromatic rings. The van der Waals surface area contributed by atoms with E-state index in [2.05, 4.69) is 27.7 Å². The van der Waals surface area contributed by atoms with Crippen molar-refractivity contribution in [1.29, 1.82) is 0 Å². The fraction of sp³-hybridized carbons (Fsp3) is 1.00. The van der Waals surface area contributed by atoms with Gasteiger partial charge in [-0.2, -0.15) is 0 Å². The monoisotopic (exact) mass is 309 g/mol. The first-order valence-corrected chi connectivity index (χ1v) is 8.59. The molecule has 126 valence electrons. The van der Waals surface area contributed by atoms with Crippen LogP contribution in [0.1, 0.15) is 85.5 Å². The minimum absolute atomic E-state index is 0. The third-order valence-corrected chi connectivity index (χ3v) is 4.19. The molecular weight excluding hydrogens is 270 g/mol. The number of nitrogens with zero attached hydrogens (tertiary/aromatic N) is 1. The maximum atomic E-state index is 2.33. The second-order valence-electron chi connectivity index (χ2n) is 6.00. The van der Waals surface area contributed by atoms with E-state index in [1.54, 1.807) is 0 Å². The summed E-state index contributed by atoms with van der Waals surface area (Å²) in [6, 6.07) is 0. The van der Waals surface area contributed by atoms with Crippen molar-refractivity contribution in [2.24, 2.45) is 0 Å². The van der Waals surface area contributed by atoms with Crippen molar-refractivity contribution >= 4 is 0 Å². The molecule has 0 fully saturated rings. The molecule has 2 N–H and O–H groups in total. The summed E-state index contributed by atoms with van der Waals surface area (Å²) in [5, 5.41) is 0. The predicted molar refractivity (Wildman–Crippen MR) is 87.6 cm³/mol. The topological polar surface area (TPSA) is 31.5 Å². The highest BCUT2D eigenvalue weighted by atomic mass is 35.5. The molecule has 0 radical (unpaired) electrons. The lowest BCUT2D eigenvalue weighted by Gasteiger charge is -2.39. The Bertz CT molecular complexity index is 155. The van der Waals surface area contributed by atoms with Crippen LogP contribution >= 0.6 is 0 Å². The zero-order chi connectivity index (χ0) is 13.7. The molecule has 0 bridgehead atoms. The van der Waals surface area contributed by atoms with Gasteiger partial charge in [-0.25, -0.2) is 0 Å². The van der Waals surface area contributed by atoms with E-state index in [0.717, 1.165) is 0 Å². The van der Waals surface area contributed by atoms with Gasteiger partial charge in [0.2, 0.25) is 0 Å². The average Bonchev–Trinajstić information content (AvgIpc) is 2.40. The molecule has 0 rings (SSSR count). The molecular formula is C17H40ClNO. The Morgan fingerprint density at radius 2 is 0.800 bits per heavy atom. The van der Waals surface area contributed by atoms with Crippen molar-refractivity contribution in [3.63, 3.8) is 0 Å². The lowest BCUT2D eigenvalue weighted by molar-refractivity contribution is -0.929. The molecule has 0 saturated heterocycles. The van der Waals surface area contributed by atoms with E-state index in [4.69, 9.17) is 0 Å². The van der Waals surface area contributed by atoms with Crippen LogP contribution in [0.15, 0.2) is 0 Å². The zero-order valence-corrected chi connectivity index (χ0v) is 15.3. The third kappa shape index (κ3) is 12.0. The minimum atomic E-state index is 0. The van der Waals surface area contributed by atoms with Gasteiger partial charge in [-0.3, -0.25) is 0 Å². The summed E-state index contributed by atoms with van der Waals surface area (Å²) in [4.78, 5) is 0. The van der Waals surface area contributed by atoms with Gasteiger partial charge >= 0.3 is 0 Å². The summed E-state index contributed by atoms with van der Waals surface area (Å²) in [5.74, 6) is 0. The third-order valence-electron chi connectivity index (χ3n) is 4.19. The molecule has 0 aliphatic heterocycles. The van der Waals surface area contributed by atoms with Crippen LogP contribution in [0.25, 0.3) is 0 Å². The van der Waals surface area contributed by atoms with E-state index in [1.165, 1.54) is 88.4 Å². The number of halogens is 1. The fourth-order valence-electron chi connectivity index (χ4n) is 2.85. The van der Waals surface area contributed by atoms with Crippen LogP contribution in [0.2, 0.25) is 0 Å². The molecule has 0 amide bonds. The highest BCUT2D eigenvalue weighted by Gasteiger charge is 2.24.